The fraction of sp³-hybridized carbons (Fsp3) is 0.0714. The molecule has 0 aliphatic carbocycles. The summed E-state index contributed by atoms with van der Waals surface area (Å²) in [6, 6.07) is 11.0. The average molecular weight is 304 g/mol. The summed E-state index contributed by atoms with van der Waals surface area (Å²) in [6.45, 7) is 0. The Balaban J connectivity index is 2.37. The van der Waals surface area contributed by atoms with Crippen LogP contribution in [0, 0.1) is 10.1 Å². The van der Waals surface area contributed by atoms with E-state index in [-0.39, 0.29) is 16.9 Å². The molecule has 2 aromatic rings. The minimum Gasteiger partial charge on any atom is -0.478 e. The van der Waals surface area contributed by atoms with E-state index in [2.05, 4.69) is 5.32 Å². The highest BCUT2D eigenvalue weighted by Crippen LogP contribution is 2.29. The molecule has 21 heavy (non-hydrogen) atoms. The Kier molecular flexibility index (Phi) is 4.44. The molecule has 2 aromatic carbocycles. The molecule has 0 saturated carbocycles. The van der Waals surface area contributed by atoms with Gasteiger partial charge in [-0.2, -0.15) is 0 Å². The zero-order valence-electron chi connectivity index (χ0n) is 11.1. The van der Waals surface area contributed by atoms with E-state index in [0.717, 1.165) is 4.90 Å². The van der Waals surface area contributed by atoms with E-state index in [0.29, 0.717) is 5.69 Å². The number of anilines is 2. The van der Waals surface area contributed by atoms with Gasteiger partial charge in [-0.25, -0.2) is 4.79 Å². The van der Waals surface area contributed by atoms with Crippen molar-refractivity contribution < 1.29 is 14.8 Å². The summed E-state index contributed by atoms with van der Waals surface area (Å²) >= 11 is 1.58. The Morgan fingerprint density at radius 3 is 2.43 bits per heavy atom. The van der Waals surface area contributed by atoms with Gasteiger partial charge in [-0.1, -0.05) is 0 Å². The first-order valence-electron chi connectivity index (χ1n) is 5.94. The number of aromatic carboxylic acids is 1. The first-order chi connectivity index (χ1) is 10.0. The molecule has 6 nitrogen and oxygen atoms in total. The highest BCUT2D eigenvalue weighted by molar-refractivity contribution is 7.98. The molecule has 7 heteroatoms. The molecule has 0 saturated heterocycles. The summed E-state index contributed by atoms with van der Waals surface area (Å²) in [4.78, 5) is 22.5. The van der Waals surface area contributed by atoms with Gasteiger partial charge in [-0.3, -0.25) is 10.1 Å². The molecule has 0 radical (unpaired) electrons. The number of hydrogen-bond donors (Lipinski definition) is 2. The van der Waals surface area contributed by atoms with Crippen LogP contribution in [0.4, 0.5) is 17.1 Å². The van der Waals surface area contributed by atoms with Crippen LogP contribution in [0.1, 0.15) is 10.4 Å². The predicted octanol–water partition coefficient (Wildman–Crippen LogP) is 3.76. The van der Waals surface area contributed by atoms with E-state index in [4.69, 9.17) is 5.11 Å². The number of carbonyl (C=O) groups is 1. The second-order valence-electron chi connectivity index (χ2n) is 4.15. The van der Waals surface area contributed by atoms with Gasteiger partial charge in [-0.05, 0) is 42.7 Å². The molecule has 0 heterocycles. The summed E-state index contributed by atoms with van der Waals surface area (Å²) < 4.78 is 0. The maximum absolute atomic E-state index is 11.0. The van der Waals surface area contributed by atoms with E-state index in [9.17, 15) is 14.9 Å². The first-order valence-corrected chi connectivity index (χ1v) is 7.16. The lowest BCUT2D eigenvalue weighted by molar-refractivity contribution is -0.383. The quantitative estimate of drug-likeness (QED) is 0.496. The number of hydrogen-bond acceptors (Lipinski definition) is 5. The van der Waals surface area contributed by atoms with Crippen LogP contribution in [0.15, 0.2) is 47.4 Å². The number of nitro benzene ring substituents is 1. The van der Waals surface area contributed by atoms with Crippen LogP contribution in [0.3, 0.4) is 0 Å². The molecule has 0 atom stereocenters. The summed E-state index contributed by atoms with van der Waals surface area (Å²) in [5.74, 6) is -1.13. The first kappa shape index (κ1) is 14.9. The van der Waals surface area contributed by atoms with Gasteiger partial charge in [0.2, 0.25) is 0 Å². The molecule has 0 aliphatic heterocycles. The molecular formula is C14H12N2O4S. The lowest BCUT2D eigenvalue weighted by atomic mass is 10.1. The van der Waals surface area contributed by atoms with Crippen molar-refractivity contribution in [3.05, 3.63) is 58.1 Å². The van der Waals surface area contributed by atoms with Crippen molar-refractivity contribution >= 4 is 34.8 Å². The highest BCUT2D eigenvalue weighted by atomic mass is 32.2. The number of nitrogens with zero attached hydrogens (tertiary/aromatic N) is 1. The van der Waals surface area contributed by atoms with E-state index >= 15 is 0 Å². The normalized spacial score (nSPS) is 10.1. The van der Waals surface area contributed by atoms with Crippen molar-refractivity contribution in [2.24, 2.45) is 0 Å². The number of nitro groups is 1. The molecule has 2 rings (SSSR count). The lowest BCUT2D eigenvalue weighted by Crippen LogP contribution is -2.01. The monoisotopic (exact) mass is 304 g/mol. The highest BCUT2D eigenvalue weighted by Gasteiger charge is 2.16. The van der Waals surface area contributed by atoms with E-state index in [1.807, 2.05) is 18.4 Å². The minimum atomic E-state index is -1.13. The van der Waals surface area contributed by atoms with Gasteiger partial charge in [0.1, 0.15) is 5.69 Å². The minimum absolute atomic E-state index is 0.0103. The topological polar surface area (TPSA) is 92.5 Å². The molecule has 0 fully saturated rings. The van der Waals surface area contributed by atoms with Gasteiger partial charge in [-0.15, -0.1) is 11.8 Å². The average Bonchev–Trinajstić information content (AvgIpc) is 2.47. The maximum atomic E-state index is 11.0. The summed E-state index contributed by atoms with van der Waals surface area (Å²) in [7, 11) is 0. The third-order valence-electron chi connectivity index (χ3n) is 2.81. The molecular weight excluding hydrogens is 292 g/mol. The molecule has 0 unspecified atom stereocenters. The molecule has 108 valence electrons. The van der Waals surface area contributed by atoms with Gasteiger partial charge in [0.15, 0.2) is 0 Å². The Bertz CT molecular complexity index is 686. The van der Waals surface area contributed by atoms with Crippen molar-refractivity contribution in [2.75, 3.05) is 11.6 Å². The van der Waals surface area contributed by atoms with Gasteiger partial charge < -0.3 is 10.4 Å². The van der Waals surface area contributed by atoms with Crippen LogP contribution in [0.5, 0.6) is 0 Å². The zero-order valence-corrected chi connectivity index (χ0v) is 11.9. The van der Waals surface area contributed by atoms with Gasteiger partial charge in [0, 0.05) is 16.6 Å². The SMILES string of the molecule is CSc1ccc(Nc2cc(C(=O)O)ccc2[N+](=O)[O-])cc1. The Hall–Kier alpha value is -2.54. The molecule has 0 spiro atoms. The fourth-order valence-corrected chi connectivity index (χ4v) is 2.17. The van der Waals surface area contributed by atoms with Crippen molar-refractivity contribution in [2.45, 2.75) is 4.90 Å². The third kappa shape index (κ3) is 3.51. The Labute approximate surface area is 125 Å². The molecule has 0 aromatic heterocycles. The number of carboxylic acids is 1. The Morgan fingerprint density at radius 1 is 1.24 bits per heavy atom. The molecule has 0 amide bonds. The standard InChI is InChI=1S/C14H12N2O4S/c1-21-11-5-3-10(4-6-11)15-12-8-9(14(17)18)2-7-13(12)16(19)20/h2-8,15H,1H3,(H,17,18). The second-order valence-corrected chi connectivity index (χ2v) is 5.03. The van der Waals surface area contributed by atoms with E-state index in [1.54, 1.807) is 23.9 Å². The number of rotatable bonds is 5. The molecule has 2 N–H and O–H groups in total. The van der Waals surface area contributed by atoms with Crippen LogP contribution >= 0.6 is 11.8 Å². The van der Waals surface area contributed by atoms with Crippen molar-refractivity contribution in [1.29, 1.82) is 0 Å². The van der Waals surface area contributed by atoms with Crippen LogP contribution in [0.2, 0.25) is 0 Å². The van der Waals surface area contributed by atoms with Crippen LogP contribution in [-0.2, 0) is 0 Å². The summed E-state index contributed by atoms with van der Waals surface area (Å²) in [5, 5.41) is 22.9. The van der Waals surface area contributed by atoms with Crippen molar-refractivity contribution in [3.63, 3.8) is 0 Å². The predicted molar refractivity (Wildman–Crippen MR) is 81.6 cm³/mol. The van der Waals surface area contributed by atoms with Crippen molar-refractivity contribution in [1.82, 2.24) is 0 Å². The molecule has 0 aliphatic rings. The fourth-order valence-electron chi connectivity index (χ4n) is 1.76. The number of nitrogens with one attached hydrogen (secondary N) is 1. The van der Waals surface area contributed by atoms with Gasteiger partial charge in [0.05, 0.1) is 10.5 Å². The van der Waals surface area contributed by atoms with Crippen LogP contribution in [-0.4, -0.2) is 22.3 Å². The number of carboxylic acid groups (broad SMARTS) is 1. The third-order valence-corrected chi connectivity index (χ3v) is 3.55. The van der Waals surface area contributed by atoms with Crippen LogP contribution in [0.25, 0.3) is 0 Å². The molecule has 0 bridgehead atoms. The van der Waals surface area contributed by atoms with E-state index < -0.39 is 10.9 Å². The lowest BCUT2D eigenvalue weighted by Gasteiger charge is -2.08. The number of benzene rings is 2. The summed E-state index contributed by atoms with van der Waals surface area (Å²) in [6.07, 6.45) is 1.95. The zero-order chi connectivity index (χ0) is 15.4. The smallest absolute Gasteiger partial charge is 0.335 e. The largest absolute Gasteiger partial charge is 0.478 e. The maximum Gasteiger partial charge on any atom is 0.335 e. The summed E-state index contributed by atoms with van der Waals surface area (Å²) in [5.41, 5.74) is 0.619. The second kappa shape index (κ2) is 6.27. The van der Waals surface area contributed by atoms with E-state index in [1.165, 1.54) is 18.2 Å². The van der Waals surface area contributed by atoms with Crippen LogP contribution < -0.4 is 5.32 Å². The van der Waals surface area contributed by atoms with Gasteiger partial charge >= 0.3 is 5.97 Å². The van der Waals surface area contributed by atoms with Crippen molar-refractivity contribution in [3.8, 4) is 0 Å². The van der Waals surface area contributed by atoms with Gasteiger partial charge in [0.25, 0.3) is 5.69 Å². The Morgan fingerprint density at radius 2 is 1.90 bits per heavy atom. The number of thioether (sulfide) groups is 1.